The molecule has 0 saturated carbocycles. The summed E-state index contributed by atoms with van der Waals surface area (Å²) in [6.45, 7) is 1.76. The van der Waals surface area contributed by atoms with Crippen molar-refractivity contribution < 1.29 is 22.7 Å². The second-order valence-electron chi connectivity index (χ2n) is 2.85. The number of carbonyl (C=O) groups is 1. The van der Waals surface area contributed by atoms with Gasteiger partial charge in [-0.05, 0) is 18.1 Å². The van der Waals surface area contributed by atoms with Crippen molar-refractivity contribution in [2.45, 2.75) is 19.5 Å². The molecule has 0 radical (unpaired) electrons. The first-order valence-corrected chi connectivity index (χ1v) is 4.32. The van der Waals surface area contributed by atoms with E-state index >= 15 is 0 Å². The highest BCUT2D eigenvalue weighted by Gasteiger charge is 2.41. The summed E-state index contributed by atoms with van der Waals surface area (Å²) in [4.78, 5) is 10.6. The van der Waals surface area contributed by atoms with E-state index in [1.807, 2.05) is 0 Å². The van der Waals surface area contributed by atoms with Crippen LogP contribution < -0.4 is 4.74 Å². The lowest BCUT2D eigenvalue weighted by molar-refractivity contribution is -0.189. The van der Waals surface area contributed by atoms with Gasteiger partial charge >= 0.3 is 12.1 Å². The van der Waals surface area contributed by atoms with E-state index in [4.69, 9.17) is 0 Å². The largest absolute Gasteiger partial charge is 0.491 e. The summed E-state index contributed by atoms with van der Waals surface area (Å²) in [5.41, 5.74) is 0.565. The molecule has 5 heteroatoms. The summed E-state index contributed by atoms with van der Waals surface area (Å²) in [5, 5.41) is 0. The summed E-state index contributed by atoms with van der Waals surface area (Å²) in [7, 11) is 0. The fraction of sp³-hybridized carbons (Fsp3) is 0.300. The molecule has 0 aliphatic carbocycles. The number of halogens is 3. The maximum Gasteiger partial charge on any atom is 0.491 e. The molecule has 82 valence electrons. The third-order valence-electron chi connectivity index (χ3n) is 1.79. The van der Waals surface area contributed by atoms with Gasteiger partial charge < -0.3 is 4.74 Å². The maximum absolute atomic E-state index is 11.9. The Kier molecular flexibility index (Phi) is 3.34. The molecule has 0 fully saturated rings. The van der Waals surface area contributed by atoms with E-state index < -0.39 is 12.1 Å². The van der Waals surface area contributed by atoms with Crippen molar-refractivity contribution in [2.24, 2.45) is 0 Å². The van der Waals surface area contributed by atoms with Crippen molar-refractivity contribution >= 4 is 5.97 Å². The van der Waals surface area contributed by atoms with E-state index in [2.05, 4.69) is 4.74 Å². The first kappa shape index (κ1) is 11.6. The predicted octanol–water partition coefficient (Wildman–Crippen LogP) is 2.72. The zero-order valence-corrected chi connectivity index (χ0v) is 7.97. The van der Waals surface area contributed by atoms with Gasteiger partial charge in [0.15, 0.2) is 0 Å². The lowest BCUT2D eigenvalue weighted by atomic mass is 10.1. The van der Waals surface area contributed by atoms with Crippen LogP contribution in [0.1, 0.15) is 12.5 Å². The van der Waals surface area contributed by atoms with Crippen molar-refractivity contribution in [1.29, 1.82) is 0 Å². The van der Waals surface area contributed by atoms with E-state index in [1.165, 1.54) is 12.1 Å². The molecule has 15 heavy (non-hydrogen) atoms. The molecule has 0 aliphatic rings. The van der Waals surface area contributed by atoms with E-state index in [1.54, 1.807) is 19.1 Å². The monoisotopic (exact) mass is 218 g/mol. The van der Waals surface area contributed by atoms with Crippen LogP contribution in [-0.4, -0.2) is 12.1 Å². The van der Waals surface area contributed by atoms with Gasteiger partial charge in [-0.15, -0.1) is 0 Å². The Labute approximate surface area is 84.7 Å². The summed E-state index contributed by atoms with van der Waals surface area (Å²) in [5.74, 6) is -2.23. The number of rotatable bonds is 2. The van der Waals surface area contributed by atoms with Crippen molar-refractivity contribution in [1.82, 2.24) is 0 Å². The molecule has 1 aromatic rings. The zero-order chi connectivity index (χ0) is 11.5. The van der Waals surface area contributed by atoms with E-state index in [-0.39, 0.29) is 5.75 Å². The lowest BCUT2D eigenvalue weighted by Crippen LogP contribution is -2.28. The van der Waals surface area contributed by atoms with Gasteiger partial charge in [0.25, 0.3) is 0 Å². The Morgan fingerprint density at radius 2 is 1.93 bits per heavy atom. The number of para-hydroxylation sites is 1. The van der Waals surface area contributed by atoms with Crippen molar-refractivity contribution in [2.75, 3.05) is 0 Å². The Balaban J connectivity index is 2.85. The lowest BCUT2D eigenvalue weighted by Gasteiger charge is -2.09. The molecule has 0 heterocycles. The van der Waals surface area contributed by atoms with Gasteiger partial charge in [-0.3, -0.25) is 0 Å². The fourth-order valence-corrected chi connectivity index (χ4v) is 1.05. The molecule has 0 saturated heterocycles. The van der Waals surface area contributed by atoms with Crippen LogP contribution in [-0.2, 0) is 11.2 Å². The predicted molar refractivity (Wildman–Crippen MR) is 47.5 cm³/mol. The minimum atomic E-state index is -4.96. The van der Waals surface area contributed by atoms with E-state index in [0.717, 1.165) is 0 Å². The fourth-order valence-electron chi connectivity index (χ4n) is 1.05. The molecule has 0 unspecified atom stereocenters. The number of alkyl halides is 3. The summed E-state index contributed by atoms with van der Waals surface area (Å²) < 4.78 is 39.9. The molecule has 1 rings (SSSR count). The van der Waals surface area contributed by atoms with Gasteiger partial charge in [-0.2, -0.15) is 13.2 Å². The van der Waals surface area contributed by atoms with Crippen LogP contribution in [0.2, 0.25) is 0 Å². The third-order valence-corrected chi connectivity index (χ3v) is 1.79. The number of hydrogen-bond donors (Lipinski definition) is 0. The van der Waals surface area contributed by atoms with E-state index in [9.17, 15) is 18.0 Å². The molecule has 0 N–H and O–H groups in total. The minimum absolute atomic E-state index is 0.0395. The molecule has 0 spiro atoms. The maximum atomic E-state index is 11.9. The van der Waals surface area contributed by atoms with Gasteiger partial charge in [-0.25, -0.2) is 4.79 Å². The first-order chi connectivity index (χ1) is 6.95. The molecular formula is C10H9F3O2. The Hall–Kier alpha value is -1.52. The number of aryl methyl sites for hydroxylation is 1. The van der Waals surface area contributed by atoms with Crippen LogP contribution in [0, 0.1) is 0 Å². The highest BCUT2D eigenvalue weighted by molar-refractivity contribution is 5.78. The second kappa shape index (κ2) is 4.33. The van der Waals surface area contributed by atoms with Crippen LogP contribution in [0.25, 0.3) is 0 Å². The van der Waals surface area contributed by atoms with Crippen molar-refractivity contribution in [3.8, 4) is 5.75 Å². The number of ether oxygens (including phenoxy) is 1. The molecule has 0 amide bonds. The van der Waals surface area contributed by atoms with Crippen molar-refractivity contribution in [3.63, 3.8) is 0 Å². The number of esters is 1. The summed E-state index contributed by atoms with van der Waals surface area (Å²) >= 11 is 0. The van der Waals surface area contributed by atoms with Crippen LogP contribution in [0.5, 0.6) is 5.75 Å². The molecule has 0 atom stereocenters. The highest BCUT2D eigenvalue weighted by Crippen LogP contribution is 2.23. The number of carbonyl (C=O) groups excluding carboxylic acids is 1. The van der Waals surface area contributed by atoms with E-state index in [0.29, 0.717) is 12.0 Å². The van der Waals surface area contributed by atoms with Gasteiger partial charge in [0.1, 0.15) is 5.75 Å². The first-order valence-electron chi connectivity index (χ1n) is 4.32. The van der Waals surface area contributed by atoms with Gasteiger partial charge in [-0.1, -0.05) is 25.1 Å². The topological polar surface area (TPSA) is 26.3 Å². The molecule has 0 bridgehead atoms. The average molecular weight is 218 g/mol. The molecular weight excluding hydrogens is 209 g/mol. The molecule has 1 aromatic carbocycles. The highest BCUT2D eigenvalue weighted by atomic mass is 19.4. The number of hydrogen-bond acceptors (Lipinski definition) is 2. The SMILES string of the molecule is CCc1ccccc1OC(=O)C(F)(F)F. The number of benzene rings is 1. The van der Waals surface area contributed by atoms with Crippen LogP contribution >= 0.6 is 0 Å². The molecule has 0 aromatic heterocycles. The molecule has 2 nitrogen and oxygen atoms in total. The Bertz CT molecular complexity index is 358. The van der Waals surface area contributed by atoms with Crippen LogP contribution in [0.4, 0.5) is 13.2 Å². The zero-order valence-electron chi connectivity index (χ0n) is 7.97. The van der Waals surface area contributed by atoms with Crippen molar-refractivity contribution in [3.05, 3.63) is 29.8 Å². The van der Waals surface area contributed by atoms with Gasteiger partial charge in [0, 0.05) is 0 Å². The normalized spacial score (nSPS) is 11.2. The Morgan fingerprint density at radius 1 is 1.33 bits per heavy atom. The quantitative estimate of drug-likeness (QED) is 0.563. The Morgan fingerprint density at radius 3 is 2.47 bits per heavy atom. The summed E-state index contributed by atoms with van der Waals surface area (Å²) in [6, 6.07) is 6.13. The standard InChI is InChI=1S/C10H9F3O2/c1-2-7-5-3-4-6-8(7)15-9(14)10(11,12)13/h3-6H,2H2,1H3. The average Bonchev–Trinajstić information content (AvgIpc) is 2.17. The van der Waals surface area contributed by atoms with Gasteiger partial charge in [0.05, 0.1) is 0 Å². The summed E-state index contributed by atoms with van der Waals surface area (Å²) in [6.07, 6.45) is -4.46. The van der Waals surface area contributed by atoms with Gasteiger partial charge in [0.2, 0.25) is 0 Å². The second-order valence-corrected chi connectivity index (χ2v) is 2.85. The smallest absolute Gasteiger partial charge is 0.420 e. The van der Waals surface area contributed by atoms with Crippen LogP contribution in [0.15, 0.2) is 24.3 Å². The molecule has 0 aliphatic heterocycles. The third kappa shape index (κ3) is 2.97. The van der Waals surface area contributed by atoms with Crippen LogP contribution in [0.3, 0.4) is 0 Å². The minimum Gasteiger partial charge on any atom is -0.420 e.